The molecule has 1 aromatic rings. The minimum Gasteiger partial charge on any atom is -0.877 e. The summed E-state index contributed by atoms with van der Waals surface area (Å²) >= 11 is 0. The van der Waals surface area contributed by atoms with Crippen LogP contribution in [0.5, 0.6) is 0 Å². The maximum atomic E-state index is 11.5. The van der Waals surface area contributed by atoms with E-state index in [9.17, 15) is 14.7 Å². The van der Waals surface area contributed by atoms with E-state index in [-0.39, 0.29) is 41.4 Å². The topological polar surface area (TPSA) is 69.2 Å². The van der Waals surface area contributed by atoms with Gasteiger partial charge in [0, 0.05) is 5.56 Å². The van der Waals surface area contributed by atoms with Gasteiger partial charge in [-0.05, 0) is 12.1 Å². The van der Waals surface area contributed by atoms with Crippen LogP contribution in [0.25, 0.3) is 0 Å². The van der Waals surface area contributed by atoms with Gasteiger partial charge >= 0.3 is 29.6 Å². The predicted octanol–water partition coefficient (Wildman–Crippen LogP) is -2.93. The molecular weight excluding hydrogens is 205 g/mol. The number of nitrogens with one attached hydrogen (secondary N) is 1. The van der Waals surface area contributed by atoms with E-state index in [1.807, 2.05) is 0 Å². The first-order chi connectivity index (χ1) is 6.74. The van der Waals surface area contributed by atoms with Crippen molar-refractivity contribution in [1.29, 1.82) is 0 Å². The van der Waals surface area contributed by atoms with Crippen LogP contribution in [0.3, 0.4) is 0 Å². The zero-order valence-electron chi connectivity index (χ0n) is 8.11. The van der Waals surface area contributed by atoms with Crippen LogP contribution in [0.4, 0.5) is 5.69 Å². The van der Waals surface area contributed by atoms with Crippen molar-refractivity contribution in [3.63, 3.8) is 0 Å². The number of anilines is 1. The Hall–Kier alpha value is -1.10. The number of carbonyl (C=O) groups is 2. The molecule has 1 N–H and O–H groups in total. The second kappa shape index (κ2) is 4.61. The quantitative estimate of drug-likeness (QED) is 0.216. The average molecular weight is 211 g/mol. The molecule has 0 aliphatic carbocycles. The van der Waals surface area contributed by atoms with Crippen molar-refractivity contribution in [3.05, 3.63) is 41.7 Å². The molecule has 0 atom stereocenters. The molecule has 5 heteroatoms. The summed E-state index contributed by atoms with van der Waals surface area (Å²) in [6, 6.07) is 6.57. The number of carbonyl (C=O) groups excluding carboxylic acids is 2. The minimum absolute atomic E-state index is 0. The van der Waals surface area contributed by atoms with E-state index in [0.29, 0.717) is 11.3 Å². The Balaban J connectivity index is 0.00000112. The van der Waals surface area contributed by atoms with Gasteiger partial charge in [0.05, 0.1) is 11.3 Å². The molecule has 0 spiro atoms. The van der Waals surface area contributed by atoms with Crippen LogP contribution in [-0.2, 0) is 4.79 Å². The fourth-order valence-corrected chi connectivity index (χ4v) is 1.34. The molecule has 0 aromatic heterocycles. The van der Waals surface area contributed by atoms with Gasteiger partial charge in [-0.1, -0.05) is 12.1 Å². The normalized spacial score (nSPS) is 16.7. The first kappa shape index (κ1) is 12.0. The molecular formula is C10H6NNaO3. The Kier molecular flexibility index (Phi) is 3.68. The molecule has 1 amide bonds. The Morgan fingerprint density at radius 1 is 1.20 bits per heavy atom. The number of Topliss-reactive ketones (excluding diaryl/α,β-unsaturated/α-hetero) is 1. The van der Waals surface area contributed by atoms with E-state index in [2.05, 4.69) is 5.32 Å². The van der Waals surface area contributed by atoms with Crippen LogP contribution in [0.15, 0.2) is 36.1 Å². The van der Waals surface area contributed by atoms with Crippen molar-refractivity contribution in [2.75, 3.05) is 5.32 Å². The van der Waals surface area contributed by atoms with Gasteiger partial charge in [0.2, 0.25) is 0 Å². The smallest absolute Gasteiger partial charge is 0.877 e. The second-order valence-electron chi connectivity index (χ2n) is 2.86. The van der Waals surface area contributed by atoms with Crippen molar-refractivity contribution in [1.82, 2.24) is 0 Å². The van der Waals surface area contributed by atoms with Gasteiger partial charge in [0.1, 0.15) is 0 Å². The van der Waals surface area contributed by atoms with E-state index >= 15 is 0 Å². The number of hydrogen-bond acceptors (Lipinski definition) is 3. The molecule has 0 saturated carbocycles. The maximum absolute atomic E-state index is 11.5. The van der Waals surface area contributed by atoms with Crippen LogP contribution in [-0.4, -0.2) is 11.7 Å². The predicted molar refractivity (Wildman–Crippen MR) is 47.5 cm³/mol. The minimum atomic E-state index is -0.635. The Labute approximate surface area is 108 Å². The molecule has 0 unspecified atom stereocenters. The van der Waals surface area contributed by atoms with Crippen molar-refractivity contribution in [2.24, 2.45) is 0 Å². The van der Waals surface area contributed by atoms with Gasteiger partial charge in [-0.3, -0.25) is 9.59 Å². The molecule has 0 fully saturated rings. The first-order valence-corrected chi connectivity index (χ1v) is 4.01. The summed E-state index contributed by atoms with van der Waals surface area (Å²) in [7, 11) is 0. The fourth-order valence-electron chi connectivity index (χ4n) is 1.34. The van der Waals surface area contributed by atoms with Crippen LogP contribution in [0.2, 0.25) is 0 Å². The molecule has 1 heterocycles. The van der Waals surface area contributed by atoms with E-state index in [0.717, 1.165) is 0 Å². The Morgan fingerprint density at radius 2 is 1.87 bits per heavy atom. The van der Waals surface area contributed by atoms with Gasteiger partial charge < -0.3 is 10.4 Å². The van der Waals surface area contributed by atoms with E-state index in [1.54, 1.807) is 24.3 Å². The number of para-hydroxylation sites is 1. The summed E-state index contributed by atoms with van der Waals surface area (Å²) in [5.41, 5.74) is 0.464. The maximum Gasteiger partial charge on any atom is 1.00 e. The SMILES string of the molecule is O=C1Nc2ccccc2C(=O)/C1=C\[O-].[Na+]. The van der Waals surface area contributed by atoms with E-state index in [4.69, 9.17) is 0 Å². The van der Waals surface area contributed by atoms with Crippen molar-refractivity contribution in [3.8, 4) is 0 Å². The zero-order chi connectivity index (χ0) is 10.1. The zero-order valence-corrected chi connectivity index (χ0v) is 10.1. The second-order valence-corrected chi connectivity index (χ2v) is 2.86. The van der Waals surface area contributed by atoms with Gasteiger partial charge in [-0.2, -0.15) is 0 Å². The molecule has 1 aliphatic rings. The third-order valence-corrected chi connectivity index (χ3v) is 2.03. The molecule has 1 aliphatic heterocycles. The van der Waals surface area contributed by atoms with Gasteiger partial charge in [0.25, 0.3) is 5.91 Å². The summed E-state index contributed by atoms with van der Waals surface area (Å²) in [6.07, 6.45) is 0.285. The summed E-state index contributed by atoms with van der Waals surface area (Å²) in [5.74, 6) is -1.15. The average Bonchev–Trinajstić information content (AvgIpc) is 2.18. The first-order valence-electron chi connectivity index (χ1n) is 4.01. The Morgan fingerprint density at radius 3 is 2.53 bits per heavy atom. The molecule has 15 heavy (non-hydrogen) atoms. The monoisotopic (exact) mass is 211 g/mol. The number of amides is 1. The summed E-state index contributed by atoms with van der Waals surface area (Å²) in [6.45, 7) is 0. The number of ketones is 1. The van der Waals surface area contributed by atoms with E-state index < -0.39 is 11.7 Å². The third kappa shape index (κ3) is 1.97. The molecule has 0 saturated heterocycles. The number of hydrogen-bond donors (Lipinski definition) is 1. The van der Waals surface area contributed by atoms with E-state index in [1.165, 1.54) is 0 Å². The van der Waals surface area contributed by atoms with Crippen LogP contribution >= 0.6 is 0 Å². The standard InChI is InChI=1S/C10H7NO3.Na/c12-5-7-9(13)6-3-1-2-4-8(6)11-10(7)14;/h1-5,12H,(H,11,14);/q;+1/p-1/b7-5+;. The Bertz CT molecular complexity index is 454. The third-order valence-electron chi connectivity index (χ3n) is 2.03. The molecule has 0 bridgehead atoms. The molecule has 0 radical (unpaired) electrons. The van der Waals surface area contributed by atoms with Crippen LogP contribution < -0.4 is 40.0 Å². The van der Waals surface area contributed by atoms with Crippen LogP contribution in [0.1, 0.15) is 10.4 Å². The summed E-state index contributed by atoms with van der Waals surface area (Å²) in [4.78, 5) is 22.7. The molecule has 70 valence electrons. The largest absolute Gasteiger partial charge is 1.00 e. The fraction of sp³-hybridized carbons (Fsp3) is 0. The van der Waals surface area contributed by atoms with Crippen LogP contribution in [0, 0.1) is 0 Å². The van der Waals surface area contributed by atoms with Crippen molar-refractivity contribution < 1.29 is 44.3 Å². The van der Waals surface area contributed by atoms with Crippen molar-refractivity contribution >= 4 is 17.4 Å². The molecule has 4 nitrogen and oxygen atoms in total. The van der Waals surface area contributed by atoms with Gasteiger partial charge in [-0.15, -0.1) is 6.26 Å². The van der Waals surface area contributed by atoms with Gasteiger partial charge in [0.15, 0.2) is 5.78 Å². The number of fused-ring (bicyclic) bond motifs is 1. The summed E-state index contributed by atoms with van der Waals surface area (Å²) in [5, 5.41) is 12.9. The molecule has 2 rings (SSSR count). The van der Waals surface area contributed by atoms with Crippen molar-refractivity contribution in [2.45, 2.75) is 0 Å². The number of benzene rings is 1. The molecule has 1 aromatic carbocycles. The summed E-state index contributed by atoms with van der Waals surface area (Å²) < 4.78 is 0. The number of rotatable bonds is 0. The van der Waals surface area contributed by atoms with Gasteiger partial charge in [-0.25, -0.2) is 0 Å².